The van der Waals surface area contributed by atoms with E-state index < -0.39 is 10.0 Å². The zero-order chi connectivity index (χ0) is 10.9. The molecule has 1 aromatic heterocycles. The Labute approximate surface area is 93.8 Å². The van der Waals surface area contributed by atoms with Crippen molar-refractivity contribution in [1.29, 1.82) is 0 Å². The first kappa shape index (κ1) is 11.1. The number of nitrogens with two attached hydrogens (primary N) is 1. The number of nitrogens with zero attached hydrogens (tertiary/aromatic N) is 1. The number of hydrogen-bond donors (Lipinski definition) is 1. The van der Waals surface area contributed by atoms with Crippen LogP contribution in [0.2, 0.25) is 0 Å². The third kappa shape index (κ3) is 2.08. The van der Waals surface area contributed by atoms with Gasteiger partial charge in [0.1, 0.15) is 4.21 Å². The third-order valence-electron chi connectivity index (χ3n) is 2.67. The molecule has 0 aromatic carbocycles. The molecule has 2 N–H and O–H groups in total. The van der Waals surface area contributed by atoms with E-state index >= 15 is 0 Å². The fourth-order valence-corrected chi connectivity index (χ4v) is 4.42. The van der Waals surface area contributed by atoms with Gasteiger partial charge in [-0.2, -0.15) is 4.31 Å². The number of thiophene rings is 1. The van der Waals surface area contributed by atoms with Crippen molar-refractivity contribution < 1.29 is 8.42 Å². The van der Waals surface area contributed by atoms with Gasteiger partial charge in [-0.1, -0.05) is 6.07 Å². The molecule has 1 saturated heterocycles. The lowest BCUT2D eigenvalue weighted by Crippen LogP contribution is -2.29. The summed E-state index contributed by atoms with van der Waals surface area (Å²) in [5.74, 6) is 0.319. The molecule has 1 aromatic rings. The molecule has 0 bridgehead atoms. The van der Waals surface area contributed by atoms with E-state index in [-0.39, 0.29) is 0 Å². The molecule has 0 radical (unpaired) electrons. The predicted molar refractivity (Wildman–Crippen MR) is 60.2 cm³/mol. The molecular formula is C9H14N2O2S2. The second-order valence-corrected chi connectivity index (χ2v) is 6.80. The highest BCUT2D eigenvalue weighted by Crippen LogP contribution is 2.26. The van der Waals surface area contributed by atoms with Crippen molar-refractivity contribution in [3.63, 3.8) is 0 Å². The lowest BCUT2D eigenvalue weighted by atomic mass is 10.1. The zero-order valence-electron chi connectivity index (χ0n) is 8.30. The highest BCUT2D eigenvalue weighted by Gasteiger charge is 2.32. The van der Waals surface area contributed by atoms with Crippen LogP contribution in [0.3, 0.4) is 0 Å². The second kappa shape index (κ2) is 4.21. The molecule has 0 aliphatic carbocycles. The highest BCUT2D eigenvalue weighted by atomic mass is 32.2. The van der Waals surface area contributed by atoms with E-state index in [2.05, 4.69) is 0 Å². The number of sulfonamides is 1. The van der Waals surface area contributed by atoms with Crippen molar-refractivity contribution in [2.75, 3.05) is 19.6 Å². The minimum Gasteiger partial charge on any atom is -0.330 e. The Bertz CT molecular complexity index is 413. The van der Waals surface area contributed by atoms with Gasteiger partial charge in [0.25, 0.3) is 10.0 Å². The molecule has 0 unspecified atom stereocenters. The Morgan fingerprint density at radius 3 is 2.93 bits per heavy atom. The van der Waals surface area contributed by atoms with Crippen molar-refractivity contribution in [2.45, 2.75) is 10.6 Å². The van der Waals surface area contributed by atoms with E-state index in [0.29, 0.717) is 29.8 Å². The van der Waals surface area contributed by atoms with Crippen molar-refractivity contribution in [2.24, 2.45) is 11.7 Å². The summed E-state index contributed by atoms with van der Waals surface area (Å²) in [6.07, 6.45) is 0.876. The summed E-state index contributed by atoms with van der Waals surface area (Å²) in [5, 5.41) is 1.78. The van der Waals surface area contributed by atoms with Gasteiger partial charge in [-0.15, -0.1) is 11.3 Å². The van der Waals surface area contributed by atoms with Gasteiger partial charge in [0.2, 0.25) is 0 Å². The van der Waals surface area contributed by atoms with Gasteiger partial charge in [0.05, 0.1) is 0 Å². The summed E-state index contributed by atoms with van der Waals surface area (Å²) in [6.45, 7) is 1.73. The molecular weight excluding hydrogens is 232 g/mol. The fourth-order valence-electron chi connectivity index (χ4n) is 1.75. The predicted octanol–water partition coefficient (Wildman–Crippen LogP) is 0.717. The lowest BCUT2D eigenvalue weighted by molar-refractivity contribution is 0.460. The summed E-state index contributed by atoms with van der Waals surface area (Å²) < 4.78 is 26.1. The van der Waals surface area contributed by atoms with E-state index in [9.17, 15) is 8.42 Å². The van der Waals surface area contributed by atoms with Crippen molar-refractivity contribution in [1.82, 2.24) is 4.31 Å². The second-order valence-electron chi connectivity index (χ2n) is 3.69. The Morgan fingerprint density at radius 2 is 2.40 bits per heavy atom. The summed E-state index contributed by atoms with van der Waals surface area (Å²) in [7, 11) is -3.24. The summed E-state index contributed by atoms with van der Waals surface area (Å²) in [4.78, 5) is 0. The highest BCUT2D eigenvalue weighted by molar-refractivity contribution is 7.91. The van der Waals surface area contributed by atoms with E-state index in [4.69, 9.17) is 5.73 Å². The van der Waals surface area contributed by atoms with Gasteiger partial charge in [-0.05, 0) is 30.3 Å². The summed E-state index contributed by atoms with van der Waals surface area (Å²) in [6, 6.07) is 3.41. The SMILES string of the molecule is NC[C@@H]1CCN(S(=O)(=O)c2cccs2)C1. The molecule has 15 heavy (non-hydrogen) atoms. The van der Waals surface area contributed by atoms with Crippen LogP contribution in [-0.2, 0) is 10.0 Å². The molecule has 6 heteroatoms. The van der Waals surface area contributed by atoms with E-state index in [1.165, 1.54) is 15.6 Å². The molecule has 1 fully saturated rings. The van der Waals surface area contributed by atoms with Crippen LogP contribution < -0.4 is 5.73 Å². The number of hydrogen-bond acceptors (Lipinski definition) is 4. The number of rotatable bonds is 3. The molecule has 1 aliphatic rings. The van der Waals surface area contributed by atoms with Crippen molar-refractivity contribution in [3.05, 3.63) is 17.5 Å². The molecule has 0 spiro atoms. The largest absolute Gasteiger partial charge is 0.330 e. The molecule has 84 valence electrons. The van der Waals surface area contributed by atoms with Crippen LogP contribution in [0.15, 0.2) is 21.7 Å². The van der Waals surface area contributed by atoms with Crippen LogP contribution >= 0.6 is 11.3 Å². The maximum atomic E-state index is 12.1. The van der Waals surface area contributed by atoms with Gasteiger partial charge in [0.15, 0.2) is 0 Å². The normalized spacial score (nSPS) is 23.4. The average molecular weight is 246 g/mol. The van der Waals surface area contributed by atoms with Crippen LogP contribution in [0.4, 0.5) is 0 Å². The van der Waals surface area contributed by atoms with Gasteiger partial charge in [-0.25, -0.2) is 8.42 Å². The maximum absolute atomic E-state index is 12.1. The molecule has 2 rings (SSSR count). The summed E-state index contributed by atoms with van der Waals surface area (Å²) >= 11 is 1.26. The fraction of sp³-hybridized carbons (Fsp3) is 0.556. The third-order valence-corrected chi connectivity index (χ3v) is 5.91. The average Bonchev–Trinajstić information content (AvgIpc) is 2.89. The first-order valence-electron chi connectivity index (χ1n) is 4.88. The Kier molecular flexibility index (Phi) is 3.11. The Balaban J connectivity index is 2.18. The molecule has 0 amide bonds. The van der Waals surface area contributed by atoms with E-state index in [0.717, 1.165) is 6.42 Å². The molecule has 2 heterocycles. The van der Waals surface area contributed by atoms with E-state index in [1.807, 2.05) is 0 Å². The minimum absolute atomic E-state index is 0.319. The van der Waals surface area contributed by atoms with Crippen LogP contribution in [-0.4, -0.2) is 32.4 Å². The van der Waals surface area contributed by atoms with Gasteiger partial charge in [-0.3, -0.25) is 0 Å². The first-order valence-corrected chi connectivity index (χ1v) is 7.20. The van der Waals surface area contributed by atoms with Crippen molar-refractivity contribution >= 4 is 21.4 Å². The van der Waals surface area contributed by atoms with Crippen LogP contribution in [0.25, 0.3) is 0 Å². The zero-order valence-corrected chi connectivity index (χ0v) is 9.93. The Hall–Kier alpha value is -0.430. The van der Waals surface area contributed by atoms with Gasteiger partial charge in [0, 0.05) is 13.1 Å². The molecule has 1 atom stereocenters. The van der Waals surface area contributed by atoms with Crippen LogP contribution in [0, 0.1) is 5.92 Å². The first-order chi connectivity index (χ1) is 7.14. The van der Waals surface area contributed by atoms with Gasteiger partial charge >= 0.3 is 0 Å². The topological polar surface area (TPSA) is 63.4 Å². The smallest absolute Gasteiger partial charge is 0.252 e. The maximum Gasteiger partial charge on any atom is 0.252 e. The monoisotopic (exact) mass is 246 g/mol. The quantitative estimate of drug-likeness (QED) is 0.854. The molecule has 1 aliphatic heterocycles. The Morgan fingerprint density at radius 1 is 1.60 bits per heavy atom. The van der Waals surface area contributed by atoms with Crippen LogP contribution in [0.5, 0.6) is 0 Å². The molecule has 4 nitrogen and oxygen atoms in total. The minimum atomic E-state index is -3.24. The standard InChI is InChI=1S/C9H14N2O2S2/c10-6-8-3-4-11(7-8)15(12,13)9-2-1-5-14-9/h1-2,5,8H,3-4,6-7,10H2/t8-/m0/s1. The summed E-state index contributed by atoms with van der Waals surface area (Å²) in [5.41, 5.74) is 5.54. The van der Waals surface area contributed by atoms with Crippen LogP contribution in [0.1, 0.15) is 6.42 Å². The molecule has 0 saturated carbocycles. The van der Waals surface area contributed by atoms with E-state index in [1.54, 1.807) is 17.5 Å². The van der Waals surface area contributed by atoms with Crippen molar-refractivity contribution in [3.8, 4) is 0 Å². The van der Waals surface area contributed by atoms with Gasteiger partial charge < -0.3 is 5.73 Å². The lowest BCUT2D eigenvalue weighted by Gasteiger charge is -2.14.